The molecule has 1 amide bonds. The number of amides is 1. The Morgan fingerprint density at radius 3 is 2.50 bits per heavy atom. The second-order valence-electron chi connectivity index (χ2n) is 4.08. The van der Waals surface area contributed by atoms with Gasteiger partial charge in [0.15, 0.2) is 0 Å². The van der Waals surface area contributed by atoms with Crippen LogP contribution in [0.2, 0.25) is 0 Å². The Morgan fingerprint density at radius 1 is 1.43 bits per heavy atom. The van der Waals surface area contributed by atoms with E-state index in [1.54, 1.807) is 4.90 Å². The molecule has 1 heterocycles. The van der Waals surface area contributed by atoms with E-state index in [-0.39, 0.29) is 11.7 Å². The number of ether oxygens (including phenoxy) is 2. The van der Waals surface area contributed by atoms with Crippen molar-refractivity contribution in [1.29, 1.82) is 0 Å². The normalized spacial score (nSPS) is 18.1. The molecule has 0 unspecified atom stereocenters. The highest BCUT2D eigenvalue weighted by atomic mass is 16.6. The van der Waals surface area contributed by atoms with E-state index in [0.29, 0.717) is 26.3 Å². The molecule has 0 N–H and O–H groups in total. The van der Waals surface area contributed by atoms with Crippen molar-refractivity contribution in [2.45, 2.75) is 32.8 Å². The lowest BCUT2D eigenvalue weighted by Gasteiger charge is -2.31. The van der Waals surface area contributed by atoms with Crippen molar-refractivity contribution in [3.63, 3.8) is 0 Å². The highest BCUT2D eigenvalue weighted by molar-refractivity contribution is 5.68. The topological polar surface area (TPSA) is 38.8 Å². The standard InChI is InChI=1S/C10H19NO3/c1-4-10(2,3)14-9(12)11-5-7-13-8-6-11/h4-8H2,1-3H3. The van der Waals surface area contributed by atoms with Crippen molar-refractivity contribution in [2.24, 2.45) is 0 Å². The van der Waals surface area contributed by atoms with Gasteiger partial charge in [-0.1, -0.05) is 6.92 Å². The van der Waals surface area contributed by atoms with E-state index >= 15 is 0 Å². The number of hydrogen-bond acceptors (Lipinski definition) is 3. The highest BCUT2D eigenvalue weighted by Crippen LogP contribution is 2.15. The molecule has 1 rings (SSSR count). The second kappa shape index (κ2) is 4.64. The minimum absolute atomic E-state index is 0.222. The van der Waals surface area contributed by atoms with Crippen LogP contribution in [0.5, 0.6) is 0 Å². The summed E-state index contributed by atoms with van der Waals surface area (Å²) in [5.74, 6) is 0. The average molecular weight is 201 g/mol. The molecule has 0 aliphatic carbocycles. The maximum atomic E-state index is 11.6. The molecule has 82 valence electrons. The van der Waals surface area contributed by atoms with Crippen LogP contribution in [0.4, 0.5) is 4.79 Å². The maximum absolute atomic E-state index is 11.6. The van der Waals surface area contributed by atoms with Gasteiger partial charge in [0.2, 0.25) is 0 Å². The molecule has 0 aromatic heterocycles. The largest absolute Gasteiger partial charge is 0.443 e. The quantitative estimate of drug-likeness (QED) is 0.681. The predicted molar refractivity (Wildman–Crippen MR) is 53.2 cm³/mol. The molecule has 4 heteroatoms. The minimum atomic E-state index is -0.366. The van der Waals surface area contributed by atoms with Gasteiger partial charge < -0.3 is 14.4 Å². The number of carbonyl (C=O) groups excluding carboxylic acids is 1. The summed E-state index contributed by atoms with van der Waals surface area (Å²) in [6, 6.07) is 0. The molecule has 4 nitrogen and oxygen atoms in total. The fourth-order valence-corrected chi connectivity index (χ4v) is 1.12. The summed E-state index contributed by atoms with van der Waals surface area (Å²) in [6.07, 6.45) is 0.600. The molecular weight excluding hydrogens is 182 g/mol. The summed E-state index contributed by atoms with van der Waals surface area (Å²) < 4.78 is 10.5. The summed E-state index contributed by atoms with van der Waals surface area (Å²) >= 11 is 0. The lowest BCUT2D eigenvalue weighted by Crippen LogP contribution is -2.44. The third kappa shape index (κ3) is 3.18. The monoisotopic (exact) mass is 201 g/mol. The third-order valence-electron chi connectivity index (χ3n) is 2.48. The van der Waals surface area contributed by atoms with Gasteiger partial charge >= 0.3 is 6.09 Å². The van der Waals surface area contributed by atoms with Gasteiger partial charge in [-0.3, -0.25) is 0 Å². The summed E-state index contributed by atoms with van der Waals surface area (Å²) in [4.78, 5) is 13.3. The van der Waals surface area contributed by atoms with Gasteiger partial charge in [0.25, 0.3) is 0 Å². The molecule has 0 saturated carbocycles. The molecule has 14 heavy (non-hydrogen) atoms. The molecule has 0 bridgehead atoms. The number of carbonyl (C=O) groups is 1. The van der Waals surface area contributed by atoms with E-state index < -0.39 is 0 Å². The summed E-state index contributed by atoms with van der Waals surface area (Å²) in [7, 11) is 0. The van der Waals surface area contributed by atoms with E-state index in [4.69, 9.17) is 9.47 Å². The molecule has 1 aliphatic heterocycles. The molecular formula is C10H19NO3. The van der Waals surface area contributed by atoms with Crippen LogP contribution < -0.4 is 0 Å². The Labute approximate surface area is 85.2 Å². The van der Waals surface area contributed by atoms with E-state index in [1.807, 2.05) is 20.8 Å². The van der Waals surface area contributed by atoms with Crippen LogP contribution in [-0.4, -0.2) is 42.9 Å². The first-order valence-electron chi connectivity index (χ1n) is 5.11. The van der Waals surface area contributed by atoms with Crippen molar-refractivity contribution < 1.29 is 14.3 Å². The van der Waals surface area contributed by atoms with Crippen LogP contribution in [0.1, 0.15) is 27.2 Å². The van der Waals surface area contributed by atoms with E-state index in [2.05, 4.69) is 0 Å². The van der Waals surface area contributed by atoms with E-state index in [1.165, 1.54) is 0 Å². The average Bonchev–Trinajstić information content (AvgIpc) is 2.19. The van der Waals surface area contributed by atoms with Crippen molar-refractivity contribution in [2.75, 3.05) is 26.3 Å². The predicted octanol–water partition coefficient (Wildman–Crippen LogP) is 1.64. The van der Waals surface area contributed by atoms with Gasteiger partial charge in [-0.25, -0.2) is 4.79 Å². The fourth-order valence-electron chi connectivity index (χ4n) is 1.12. The zero-order valence-corrected chi connectivity index (χ0v) is 9.21. The lowest BCUT2D eigenvalue weighted by atomic mass is 10.1. The Morgan fingerprint density at radius 2 is 2.00 bits per heavy atom. The van der Waals surface area contributed by atoms with Gasteiger partial charge in [-0.05, 0) is 20.3 Å². The Balaban J connectivity index is 2.40. The van der Waals surface area contributed by atoms with Gasteiger partial charge in [0.1, 0.15) is 5.60 Å². The second-order valence-corrected chi connectivity index (χ2v) is 4.08. The van der Waals surface area contributed by atoms with Crippen LogP contribution in [-0.2, 0) is 9.47 Å². The molecule has 1 saturated heterocycles. The first-order chi connectivity index (χ1) is 6.55. The van der Waals surface area contributed by atoms with Gasteiger partial charge in [0.05, 0.1) is 13.2 Å². The molecule has 0 aromatic rings. The van der Waals surface area contributed by atoms with Crippen LogP contribution in [0.25, 0.3) is 0 Å². The zero-order valence-electron chi connectivity index (χ0n) is 9.21. The first-order valence-corrected chi connectivity index (χ1v) is 5.11. The zero-order chi connectivity index (χ0) is 10.6. The van der Waals surface area contributed by atoms with Crippen molar-refractivity contribution in [1.82, 2.24) is 4.90 Å². The number of morpholine rings is 1. The van der Waals surface area contributed by atoms with Gasteiger partial charge in [0, 0.05) is 13.1 Å². The summed E-state index contributed by atoms with van der Waals surface area (Å²) in [6.45, 7) is 8.35. The number of rotatable bonds is 2. The van der Waals surface area contributed by atoms with E-state index in [9.17, 15) is 4.79 Å². The third-order valence-corrected chi connectivity index (χ3v) is 2.48. The number of nitrogens with zero attached hydrogens (tertiary/aromatic N) is 1. The molecule has 0 radical (unpaired) electrons. The molecule has 0 spiro atoms. The van der Waals surface area contributed by atoms with Crippen LogP contribution in [0, 0.1) is 0 Å². The van der Waals surface area contributed by atoms with Crippen molar-refractivity contribution in [3.8, 4) is 0 Å². The molecule has 0 aromatic carbocycles. The lowest BCUT2D eigenvalue weighted by molar-refractivity contribution is -0.0149. The SMILES string of the molecule is CCC(C)(C)OC(=O)N1CCOCC1. The molecule has 0 atom stereocenters. The van der Waals surface area contributed by atoms with Crippen LogP contribution in [0.3, 0.4) is 0 Å². The highest BCUT2D eigenvalue weighted by Gasteiger charge is 2.25. The molecule has 1 fully saturated rings. The molecule has 1 aliphatic rings. The summed E-state index contributed by atoms with van der Waals surface area (Å²) in [5, 5.41) is 0. The van der Waals surface area contributed by atoms with Crippen molar-refractivity contribution >= 4 is 6.09 Å². The Hall–Kier alpha value is -0.770. The van der Waals surface area contributed by atoms with Gasteiger partial charge in [-0.15, -0.1) is 0 Å². The Bertz CT molecular complexity index is 198. The summed E-state index contributed by atoms with van der Waals surface area (Å²) in [5.41, 5.74) is -0.366. The first kappa shape index (κ1) is 11.3. The maximum Gasteiger partial charge on any atom is 0.410 e. The fraction of sp³-hybridized carbons (Fsp3) is 0.900. The van der Waals surface area contributed by atoms with Crippen LogP contribution in [0.15, 0.2) is 0 Å². The minimum Gasteiger partial charge on any atom is -0.443 e. The van der Waals surface area contributed by atoms with Gasteiger partial charge in [-0.2, -0.15) is 0 Å². The van der Waals surface area contributed by atoms with E-state index in [0.717, 1.165) is 6.42 Å². The smallest absolute Gasteiger partial charge is 0.410 e. The van der Waals surface area contributed by atoms with Crippen LogP contribution >= 0.6 is 0 Å². The Kier molecular flexibility index (Phi) is 3.75. The van der Waals surface area contributed by atoms with Crippen molar-refractivity contribution in [3.05, 3.63) is 0 Å². The number of hydrogen-bond donors (Lipinski definition) is 0.